The Kier molecular flexibility index (Phi) is 2.28. The van der Waals surface area contributed by atoms with Crippen LogP contribution in [0.1, 0.15) is 10.6 Å². The molecule has 0 fully saturated rings. The lowest BCUT2D eigenvalue weighted by molar-refractivity contribution is 0.111. The van der Waals surface area contributed by atoms with Gasteiger partial charge in [-0.05, 0) is 24.3 Å². The van der Waals surface area contributed by atoms with Crippen LogP contribution in [-0.4, -0.2) is 16.4 Å². The van der Waals surface area contributed by atoms with E-state index in [1.54, 1.807) is 24.3 Å². The fourth-order valence-corrected chi connectivity index (χ4v) is 1.12. The smallest absolute Gasteiger partial charge is 0.258 e. The molecule has 1 aromatic carbocycles. The highest BCUT2D eigenvalue weighted by atomic mass is 35.5. The van der Waals surface area contributed by atoms with Gasteiger partial charge in [-0.15, -0.1) is 0 Å². The Morgan fingerprint density at radius 1 is 1.29 bits per heavy atom. The topological polar surface area (TPSA) is 56.0 Å². The Hall–Kier alpha value is -1.68. The molecule has 1 heterocycles. The predicted molar refractivity (Wildman–Crippen MR) is 50.1 cm³/mol. The Bertz CT molecular complexity index is 450. The van der Waals surface area contributed by atoms with Gasteiger partial charge in [-0.1, -0.05) is 16.8 Å². The first-order chi connectivity index (χ1) is 6.79. The van der Waals surface area contributed by atoms with Gasteiger partial charge >= 0.3 is 0 Å². The number of hydrogen-bond donors (Lipinski definition) is 0. The maximum Gasteiger partial charge on any atom is 0.258 e. The van der Waals surface area contributed by atoms with Crippen LogP contribution < -0.4 is 0 Å². The largest absolute Gasteiger partial charge is 0.334 e. The highest BCUT2D eigenvalue weighted by Crippen LogP contribution is 2.19. The number of rotatable bonds is 2. The first kappa shape index (κ1) is 8.90. The highest BCUT2D eigenvalue weighted by molar-refractivity contribution is 6.30. The van der Waals surface area contributed by atoms with Crippen molar-refractivity contribution < 1.29 is 9.32 Å². The molecule has 0 saturated carbocycles. The fourth-order valence-electron chi connectivity index (χ4n) is 0.992. The monoisotopic (exact) mass is 208 g/mol. The molecule has 4 nitrogen and oxygen atoms in total. The average Bonchev–Trinajstić information content (AvgIpc) is 2.67. The van der Waals surface area contributed by atoms with Crippen LogP contribution >= 0.6 is 11.6 Å². The van der Waals surface area contributed by atoms with Crippen LogP contribution in [0.4, 0.5) is 0 Å². The molecular weight excluding hydrogens is 204 g/mol. The Labute approximate surface area is 84.5 Å². The lowest BCUT2D eigenvalue weighted by Crippen LogP contribution is -1.81. The van der Waals surface area contributed by atoms with Crippen molar-refractivity contribution in [2.24, 2.45) is 0 Å². The third-order valence-electron chi connectivity index (χ3n) is 1.64. The van der Waals surface area contributed by atoms with E-state index in [1.807, 2.05) is 0 Å². The van der Waals surface area contributed by atoms with E-state index in [1.165, 1.54) is 0 Å². The van der Waals surface area contributed by atoms with Crippen molar-refractivity contribution in [1.29, 1.82) is 0 Å². The summed E-state index contributed by atoms with van der Waals surface area (Å²) in [7, 11) is 0. The summed E-state index contributed by atoms with van der Waals surface area (Å²) in [5, 5.41) is 4.07. The molecule has 0 aliphatic carbocycles. The van der Waals surface area contributed by atoms with Crippen LogP contribution in [0, 0.1) is 0 Å². The normalized spacial score (nSPS) is 10.1. The van der Waals surface area contributed by atoms with E-state index < -0.39 is 0 Å². The van der Waals surface area contributed by atoms with Gasteiger partial charge < -0.3 is 4.52 Å². The minimum atomic E-state index is 0.0370. The van der Waals surface area contributed by atoms with Gasteiger partial charge in [-0.25, -0.2) is 0 Å². The first-order valence-corrected chi connectivity index (χ1v) is 4.22. The Morgan fingerprint density at radius 2 is 2.00 bits per heavy atom. The third kappa shape index (κ3) is 1.65. The molecular formula is C9H5ClN2O2. The van der Waals surface area contributed by atoms with Crippen LogP contribution in [0.3, 0.4) is 0 Å². The standard InChI is InChI=1S/C9H5ClN2O2/c10-7-3-1-6(2-4-7)9-11-8(5-13)12-14-9/h1-5H. The van der Waals surface area contributed by atoms with Crippen LogP contribution in [0.25, 0.3) is 11.5 Å². The average molecular weight is 209 g/mol. The van der Waals surface area contributed by atoms with Crippen molar-refractivity contribution in [3.63, 3.8) is 0 Å². The van der Waals surface area contributed by atoms with Gasteiger partial charge in [0.1, 0.15) is 0 Å². The van der Waals surface area contributed by atoms with E-state index in [0.717, 1.165) is 5.56 Å². The predicted octanol–water partition coefficient (Wildman–Crippen LogP) is 2.20. The van der Waals surface area contributed by atoms with Gasteiger partial charge in [0.2, 0.25) is 5.82 Å². The van der Waals surface area contributed by atoms with Gasteiger partial charge in [-0.2, -0.15) is 4.98 Å². The van der Waals surface area contributed by atoms with Gasteiger partial charge in [0, 0.05) is 10.6 Å². The summed E-state index contributed by atoms with van der Waals surface area (Å²) in [6, 6.07) is 6.90. The van der Waals surface area contributed by atoms with Crippen LogP contribution in [0.5, 0.6) is 0 Å². The van der Waals surface area contributed by atoms with E-state index in [-0.39, 0.29) is 5.82 Å². The molecule has 0 N–H and O–H groups in total. The van der Waals surface area contributed by atoms with E-state index in [2.05, 4.69) is 10.1 Å². The maximum absolute atomic E-state index is 10.3. The number of aromatic nitrogens is 2. The molecule has 0 unspecified atom stereocenters. The maximum atomic E-state index is 10.3. The van der Waals surface area contributed by atoms with Crippen LogP contribution in [-0.2, 0) is 0 Å². The number of halogens is 1. The first-order valence-electron chi connectivity index (χ1n) is 3.84. The molecule has 0 saturated heterocycles. The van der Waals surface area contributed by atoms with Crippen LogP contribution in [0.15, 0.2) is 28.8 Å². The van der Waals surface area contributed by atoms with E-state index >= 15 is 0 Å². The molecule has 0 spiro atoms. The summed E-state index contributed by atoms with van der Waals surface area (Å²) in [4.78, 5) is 14.1. The summed E-state index contributed by atoms with van der Waals surface area (Å²) in [6.45, 7) is 0. The Morgan fingerprint density at radius 3 is 2.57 bits per heavy atom. The number of carbonyl (C=O) groups excluding carboxylic acids is 1. The Balaban J connectivity index is 2.39. The second-order valence-corrected chi connectivity index (χ2v) is 3.02. The van der Waals surface area contributed by atoms with E-state index in [4.69, 9.17) is 16.1 Å². The molecule has 0 aliphatic heterocycles. The SMILES string of the molecule is O=Cc1noc(-c2ccc(Cl)cc2)n1. The van der Waals surface area contributed by atoms with Crippen molar-refractivity contribution >= 4 is 17.9 Å². The molecule has 70 valence electrons. The number of aldehydes is 1. The molecule has 1 aromatic heterocycles. The summed E-state index contributed by atoms with van der Waals surface area (Å²) in [5.41, 5.74) is 0.731. The second kappa shape index (κ2) is 3.59. The van der Waals surface area contributed by atoms with Gasteiger partial charge in [0.15, 0.2) is 6.29 Å². The number of hydrogen-bond acceptors (Lipinski definition) is 4. The number of benzene rings is 1. The van der Waals surface area contributed by atoms with Crippen molar-refractivity contribution in [3.05, 3.63) is 35.1 Å². The second-order valence-electron chi connectivity index (χ2n) is 2.58. The lowest BCUT2D eigenvalue weighted by atomic mass is 10.2. The quantitative estimate of drug-likeness (QED) is 0.710. The summed E-state index contributed by atoms with van der Waals surface area (Å²) < 4.78 is 4.85. The van der Waals surface area contributed by atoms with E-state index in [9.17, 15) is 4.79 Å². The third-order valence-corrected chi connectivity index (χ3v) is 1.89. The zero-order valence-electron chi connectivity index (χ0n) is 6.98. The number of carbonyl (C=O) groups is 1. The zero-order valence-corrected chi connectivity index (χ0v) is 7.73. The van der Waals surface area contributed by atoms with Crippen molar-refractivity contribution in [2.45, 2.75) is 0 Å². The van der Waals surface area contributed by atoms with Crippen molar-refractivity contribution in [2.75, 3.05) is 0 Å². The fraction of sp³-hybridized carbons (Fsp3) is 0. The summed E-state index contributed by atoms with van der Waals surface area (Å²) in [5.74, 6) is 0.346. The molecule has 14 heavy (non-hydrogen) atoms. The summed E-state index contributed by atoms with van der Waals surface area (Å²) in [6.07, 6.45) is 0.531. The molecule has 0 aliphatic rings. The van der Waals surface area contributed by atoms with Crippen molar-refractivity contribution in [3.8, 4) is 11.5 Å². The minimum absolute atomic E-state index is 0.0370. The lowest BCUT2D eigenvalue weighted by Gasteiger charge is -1.92. The molecule has 0 atom stereocenters. The molecule has 0 amide bonds. The van der Waals surface area contributed by atoms with Gasteiger partial charge in [-0.3, -0.25) is 4.79 Å². The summed E-state index contributed by atoms with van der Waals surface area (Å²) >= 11 is 5.71. The minimum Gasteiger partial charge on any atom is -0.334 e. The molecule has 0 radical (unpaired) electrons. The van der Waals surface area contributed by atoms with E-state index in [0.29, 0.717) is 17.2 Å². The zero-order chi connectivity index (χ0) is 9.97. The van der Waals surface area contributed by atoms with Crippen LogP contribution in [0.2, 0.25) is 5.02 Å². The molecule has 5 heteroatoms. The highest BCUT2D eigenvalue weighted by Gasteiger charge is 2.06. The molecule has 0 bridgehead atoms. The van der Waals surface area contributed by atoms with Gasteiger partial charge in [0.05, 0.1) is 0 Å². The van der Waals surface area contributed by atoms with Crippen molar-refractivity contribution in [1.82, 2.24) is 10.1 Å². The number of nitrogens with zero attached hydrogens (tertiary/aromatic N) is 2. The molecule has 2 aromatic rings. The molecule has 2 rings (SSSR count). The van der Waals surface area contributed by atoms with Gasteiger partial charge in [0.25, 0.3) is 5.89 Å².